The van der Waals surface area contributed by atoms with Crippen LogP contribution in [0.25, 0.3) is 22.9 Å². The zero-order valence-corrected chi connectivity index (χ0v) is 16.9. The van der Waals surface area contributed by atoms with Crippen LogP contribution in [-0.2, 0) is 4.79 Å². The summed E-state index contributed by atoms with van der Waals surface area (Å²) in [6.45, 7) is 1.32. The number of aromatic nitrogens is 1. The van der Waals surface area contributed by atoms with E-state index in [2.05, 4.69) is 11.1 Å². The van der Waals surface area contributed by atoms with Gasteiger partial charge in [-0.15, -0.1) is 11.3 Å². The summed E-state index contributed by atoms with van der Waals surface area (Å²) in [4.78, 5) is 15.8. The van der Waals surface area contributed by atoms with Gasteiger partial charge in [0, 0.05) is 17.9 Å². The lowest BCUT2D eigenvalue weighted by Gasteiger charge is -2.08. The number of allylic oxidation sites excluding steroid dienone is 1. The van der Waals surface area contributed by atoms with Crippen molar-refractivity contribution in [3.63, 3.8) is 0 Å². The summed E-state index contributed by atoms with van der Waals surface area (Å²) in [5.41, 5.74) is 2.84. The first-order valence-corrected chi connectivity index (χ1v) is 9.50. The van der Waals surface area contributed by atoms with E-state index in [4.69, 9.17) is 14.2 Å². The lowest BCUT2D eigenvalue weighted by atomic mass is 10.1. The van der Waals surface area contributed by atoms with Crippen LogP contribution in [0.2, 0.25) is 0 Å². The second-order valence-corrected chi connectivity index (χ2v) is 6.80. The molecule has 0 spiro atoms. The Morgan fingerprint density at radius 1 is 1.14 bits per heavy atom. The number of benzene rings is 2. The average molecular weight is 406 g/mol. The van der Waals surface area contributed by atoms with Crippen LogP contribution in [0.15, 0.2) is 47.8 Å². The number of esters is 1. The Bertz CT molecular complexity index is 1110. The van der Waals surface area contributed by atoms with Gasteiger partial charge in [0.05, 0.1) is 25.5 Å². The summed E-state index contributed by atoms with van der Waals surface area (Å²) in [5, 5.41) is 12.1. The van der Waals surface area contributed by atoms with Crippen molar-refractivity contribution in [2.45, 2.75) is 6.92 Å². The molecule has 6 nitrogen and oxygen atoms in total. The van der Waals surface area contributed by atoms with E-state index in [1.165, 1.54) is 25.4 Å². The van der Waals surface area contributed by atoms with Gasteiger partial charge in [-0.25, -0.2) is 4.98 Å². The van der Waals surface area contributed by atoms with Crippen LogP contribution in [0.4, 0.5) is 0 Å². The van der Waals surface area contributed by atoms with Crippen molar-refractivity contribution in [3.8, 4) is 34.6 Å². The number of hydrogen-bond acceptors (Lipinski definition) is 7. The number of hydrogen-bond donors (Lipinski definition) is 0. The summed E-state index contributed by atoms with van der Waals surface area (Å²) in [6, 6.07) is 14.9. The van der Waals surface area contributed by atoms with Crippen LogP contribution in [0.1, 0.15) is 17.5 Å². The number of nitriles is 1. The molecular formula is C22H18N2O4S. The molecule has 0 bridgehead atoms. The Hall–Kier alpha value is -3.63. The van der Waals surface area contributed by atoms with E-state index in [-0.39, 0.29) is 0 Å². The number of nitrogens with zero attached hydrogens (tertiary/aromatic N) is 2. The van der Waals surface area contributed by atoms with Crippen LogP contribution < -0.4 is 14.2 Å². The van der Waals surface area contributed by atoms with E-state index < -0.39 is 5.97 Å². The van der Waals surface area contributed by atoms with Gasteiger partial charge < -0.3 is 14.2 Å². The maximum absolute atomic E-state index is 11.2. The quantitative estimate of drug-likeness (QED) is 0.332. The molecule has 1 heterocycles. The number of rotatable bonds is 6. The molecule has 0 saturated carbocycles. The highest BCUT2D eigenvalue weighted by atomic mass is 32.1. The van der Waals surface area contributed by atoms with E-state index >= 15 is 0 Å². The molecule has 3 aromatic rings. The molecule has 0 fully saturated rings. The number of carbonyl (C=O) groups is 1. The van der Waals surface area contributed by atoms with Gasteiger partial charge in [0.1, 0.15) is 16.8 Å². The summed E-state index contributed by atoms with van der Waals surface area (Å²) in [5.74, 6) is 1.04. The smallest absolute Gasteiger partial charge is 0.308 e. The van der Waals surface area contributed by atoms with Crippen LogP contribution >= 0.6 is 11.3 Å². The number of methoxy groups -OCH3 is 2. The zero-order chi connectivity index (χ0) is 20.8. The normalized spacial score (nSPS) is 10.9. The van der Waals surface area contributed by atoms with Crippen LogP contribution in [0.3, 0.4) is 0 Å². The molecule has 0 aliphatic heterocycles. The van der Waals surface area contributed by atoms with Gasteiger partial charge in [0.2, 0.25) is 0 Å². The van der Waals surface area contributed by atoms with Gasteiger partial charge in [-0.3, -0.25) is 4.79 Å². The monoisotopic (exact) mass is 406 g/mol. The minimum absolute atomic E-state index is 0.324. The van der Waals surface area contributed by atoms with Crippen LogP contribution in [0, 0.1) is 11.3 Å². The maximum atomic E-state index is 11.2. The fourth-order valence-electron chi connectivity index (χ4n) is 2.63. The molecular weight excluding hydrogens is 388 g/mol. The Morgan fingerprint density at radius 2 is 1.97 bits per heavy atom. The van der Waals surface area contributed by atoms with Crippen molar-refractivity contribution in [2.24, 2.45) is 0 Å². The van der Waals surface area contributed by atoms with Gasteiger partial charge in [-0.05, 0) is 35.9 Å². The third kappa shape index (κ3) is 4.81. The second kappa shape index (κ2) is 9.04. The standard InChI is InChI=1S/C22H18N2O4S/c1-14(25)28-20-8-7-15(10-21(20)27-3)9-17(12-23)22-24-19(13-29-22)16-5-4-6-18(11-16)26-2/h4-11,13H,1-3H3/b17-9+. The molecule has 0 saturated heterocycles. The van der Waals surface area contributed by atoms with Gasteiger partial charge in [-0.1, -0.05) is 18.2 Å². The maximum Gasteiger partial charge on any atom is 0.308 e. The van der Waals surface area contributed by atoms with Crippen LogP contribution in [-0.4, -0.2) is 25.2 Å². The predicted octanol–water partition coefficient (Wildman–Crippen LogP) is 4.82. The molecule has 0 aliphatic carbocycles. The summed E-state index contributed by atoms with van der Waals surface area (Å²) < 4.78 is 15.6. The summed E-state index contributed by atoms with van der Waals surface area (Å²) in [7, 11) is 3.10. The average Bonchev–Trinajstić information content (AvgIpc) is 3.22. The lowest BCUT2D eigenvalue weighted by molar-refractivity contribution is -0.132. The third-order valence-corrected chi connectivity index (χ3v) is 4.85. The van der Waals surface area contributed by atoms with E-state index in [9.17, 15) is 10.1 Å². The summed E-state index contributed by atoms with van der Waals surface area (Å²) in [6.07, 6.45) is 1.72. The largest absolute Gasteiger partial charge is 0.497 e. The van der Waals surface area contributed by atoms with Gasteiger partial charge in [0.25, 0.3) is 0 Å². The highest BCUT2D eigenvalue weighted by Gasteiger charge is 2.12. The third-order valence-electron chi connectivity index (χ3n) is 3.97. The minimum atomic E-state index is -0.433. The molecule has 146 valence electrons. The van der Waals surface area contributed by atoms with Crippen molar-refractivity contribution < 1.29 is 19.0 Å². The van der Waals surface area contributed by atoms with E-state index in [1.54, 1.807) is 31.4 Å². The Labute approximate surface area is 172 Å². The van der Waals surface area contributed by atoms with Gasteiger partial charge >= 0.3 is 5.97 Å². The first-order chi connectivity index (χ1) is 14.0. The van der Waals surface area contributed by atoms with Crippen molar-refractivity contribution in [2.75, 3.05) is 14.2 Å². The molecule has 0 radical (unpaired) electrons. The molecule has 1 aromatic heterocycles. The Kier molecular flexibility index (Phi) is 6.27. The minimum Gasteiger partial charge on any atom is -0.497 e. The molecule has 0 unspecified atom stereocenters. The SMILES string of the molecule is COc1cccc(-c2csc(/C(C#N)=C/c3ccc(OC(C)=O)c(OC)c3)n2)c1. The van der Waals surface area contributed by atoms with E-state index in [0.29, 0.717) is 22.1 Å². The zero-order valence-electron chi connectivity index (χ0n) is 16.1. The van der Waals surface area contributed by atoms with Crippen LogP contribution in [0.5, 0.6) is 17.2 Å². The fraction of sp³-hybridized carbons (Fsp3) is 0.136. The Morgan fingerprint density at radius 3 is 2.66 bits per heavy atom. The highest BCUT2D eigenvalue weighted by Crippen LogP contribution is 2.32. The summed E-state index contributed by atoms with van der Waals surface area (Å²) >= 11 is 1.39. The number of thiazole rings is 1. The van der Waals surface area contributed by atoms with Crippen molar-refractivity contribution in [3.05, 3.63) is 58.4 Å². The number of ether oxygens (including phenoxy) is 3. The predicted molar refractivity (Wildman–Crippen MR) is 112 cm³/mol. The van der Waals surface area contributed by atoms with E-state index in [1.807, 2.05) is 29.6 Å². The van der Waals surface area contributed by atoms with Gasteiger partial charge in [0.15, 0.2) is 11.5 Å². The molecule has 0 amide bonds. The lowest BCUT2D eigenvalue weighted by Crippen LogP contribution is -2.03. The molecule has 0 aliphatic rings. The first kappa shape index (κ1) is 20.1. The van der Waals surface area contributed by atoms with Crippen molar-refractivity contribution >= 4 is 29.0 Å². The fourth-order valence-corrected chi connectivity index (χ4v) is 3.43. The molecule has 7 heteroatoms. The molecule has 2 aromatic carbocycles. The second-order valence-electron chi connectivity index (χ2n) is 5.94. The molecule has 29 heavy (non-hydrogen) atoms. The van der Waals surface area contributed by atoms with Crippen molar-refractivity contribution in [1.29, 1.82) is 5.26 Å². The Balaban J connectivity index is 1.92. The highest BCUT2D eigenvalue weighted by molar-refractivity contribution is 7.11. The van der Waals surface area contributed by atoms with Crippen molar-refractivity contribution in [1.82, 2.24) is 4.98 Å². The molecule has 0 N–H and O–H groups in total. The van der Waals surface area contributed by atoms with Gasteiger partial charge in [-0.2, -0.15) is 5.26 Å². The number of carbonyl (C=O) groups excluding carboxylic acids is 1. The molecule has 3 rings (SSSR count). The topological polar surface area (TPSA) is 81.4 Å². The van der Waals surface area contributed by atoms with E-state index in [0.717, 1.165) is 22.6 Å². The first-order valence-electron chi connectivity index (χ1n) is 8.62. The molecule has 0 atom stereocenters.